The molecule has 19 heavy (non-hydrogen) atoms. The first kappa shape index (κ1) is 14.4. The van der Waals surface area contributed by atoms with Crippen LogP contribution in [0.25, 0.3) is 0 Å². The highest BCUT2D eigenvalue weighted by molar-refractivity contribution is 6.30. The molecule has 1 aromatic rings. The largest absolute Gasteiger partial charge is 0.480 e. The molecule has 1 atom stereocenters. The van der Waals surface area contributed by atoms with Gasteiger partial charge in [0.1, 0.15) is 5.54 Å². The topological polar surface area (TPSA) is 40.5 Å². The number of likely N-dealkylation sites (tertiary alicyclic amines) is 1. The Morgan fingerprint density at radius 2 is 1.84 bits per heavy atom. The van der Waals surface area contributed by atoms with E-state index >= 15 is 0 Å². The van der Waals surface area contributed by atoms with Crippen molar-refractivity contribution in [2.75, 3.05) is 13.1 Å². The van der Waals surface area contributed by atoms with Crippen molar-refractivity contribution in [3.63, 3.8) is 0 Å². The number of nitrogens with zero attached hydrogens (tertiary/aromatic N) is 1. The highest BCUT2D eigenvalue weighted by atomic mass is 35.5. The van der Waals surface area contributed by atoms with Crippen LogP contribution in [-0.2, 0) is 11.2 Å². The Morgan fingerprint density at radius 3 is 2.37 bits per heavy atom. The summed E-state index contributed by atoms with van der Waals surface area (Å²) >= 11 is 5.87. The highest BCUT2D eigenvalue weighted by Gasteiger charge is 2.39. The molecule has 0 spiro atoms. The van der Waals surface area contributed by atoms with Crippen LogP contribution < -0.4 is 0 Å². The number of carboxylic acid groups (broad SMARTS) is 1. The average Bonchev–Trinajstić information content (AvgIpc) is 2.42. The van der Waals surface area contributed by atoms with Crippen molar-refractivity contribution in [3.05, 3.63) is 34.9 Å². The van der Waals surface area contributed by atoms with Crippen molar-refractivity contribution in [2.24, 2.45) is 0 Å². The van der Waals surface area contributed by atoms with E-state index in [1.807, 2.05) is 31.2 Å². The molecule has 0 aliphatic carbocycles. The number of rotatable bonds is 4. The lowest BCUT2D eigenvalue weighted by molar-refractivity contribution is -0.151. The van der Waals surface area contributed by atoms with E-state index in [1.54, 1.807) is 0 Å². The van der Waals surface area contributed by atoms with Crippen molar-refractivity contribution in [3.8, 4) is 0 Å². The van der Waals surface area contributed by atoms with Crippen LogP contribution >= 0.6 is 11.6 Å². The quantitative estimate of drug-likeness (QED) is 0.921. The molecule has 104 valence electrons. The lowest BCUT2D eigenvalue weighted by Gasteiger charge is -2.40. The fourth-order valence-electron chi connectivity index (χ4n) is 2.71. The molecule has 1 aromatic carbocycles. The summed E-state index contributed by atoms with van der Waals surface area (Å²) in [6.07, 6.45) is 3.89. The second-order valence-corrected chi connectivity index (χ2v) is 5.87. The Balaban J connectivity index is 2.18. The molecule has 0 radical (unpaired) electrons. The van der Waals surface area contributed by atoms with Crippen molar-refractivity contribution in [2.45, 2.75) is 38.1 Å². The predicted molar refractivity (Wildman–Crippen MR) is 76.6 cm³/mol. The van der Waals surface area contributed by atoms with Crippen molar-refractivity contribution >= 4 is 17.6 Å². The van der Waals surface area contributed by atoms with Gasteiger partial charge >= 0.3 is 5.97 Å². The van der Waals surface area contributed by atoms with Crippen LogP contribution in [0, 0.1) is 0 Å². The Hall–Kier alpha value is -1.06. The molecule has 0 amide bonds. The van der Waals surface area contributed by atoms with Gasteiger partial charge in [-0.3, -0.25) is 9.69 Å². The summed E-state index contributed by atoms with van der Waals surface area (Å²) in [6.45, 7) is 3.57. The Kier molecular flexibility index (Phi) is 4.48. The molecule has 1 saturated heterocycles. The van der Waals surface area contributed by atoms with E-state index in [0.717, 1.165) is 31.5 Å². The SMILES string of the molecule is CC(Cc1ccc(Cl)cc1)(C(=O)O)N1CCCCC1. The third kappa shape index (κ3) is 3.28. The number of hydrogen-bond acceptors (Lipinski definition) is 2. The smallest absolute Gasteiger partial charge is 0.324 e. The third-order valence-electron chi connectivity index (χ3n) is 3.98. The summed E-state index contributed by atoms with van der Waals surface area (Å²) in [5.74, 6) is -0.746. The van der Waals surface area contributed by atoms with Crippen molar-refractivity contribution < 1.29 is 9.90 Å². The number of carbonyl (C=O) groups is 1. The minimum absolute atomic E-state index is 0.513. The molecule has 1 aliphatic rings. The summed E-state index contributed by atoms with van der Waals surface area (Å²) in [5.41, 5.74) is 0.189. The van der Waals surface area contributed by atoms with Gasteiger partial charge in [-0.25, -0.2) is 0 Å². The van der Waals surface area contributed by atoms with Crippen LogP contribution in [-0.4, -0.2) is 34.6 Å². The second kappa shape index (κ2) is 5.93. The molecule has 1 N–H and O–H groups in total. The third-order valence-corrected chi connectivity index (χ3v) is 4.23. The molecule has 0 aromatic heterocycles. The van der Waals surface area contributed by atoms with Gasteiger partial charge in [-0.1, -0.05) is 30.2 Å². The maximum absolute atomic E-state index is 11.7. The zero-order chi connectivity index (χ0) is 13.9. The van der Waals surface area contributed by atoms with Gasteiger partial charge in [0.25, 0.3) is 0 Å². The highest BCUT2D eigenvalue weighted by Crippen LogP contribution is 2.26. The molecule has 2 rings (SSSR count). The first-order chi connectivity index (χ1) is 9.02. The zero-order valence-corrected chi connectivity index (χ0v) is 12.0. The predicted octanol–water partition coefficient (Wildman–Crippen LogP) is 3.21. The first-order valence-electron chi connectivity index (χ1n) is 6.75. The molecule has 4 heteroatoms. The van der Waals surface area contributed by atoms with Gasteiger partial charge in [0.15, 0.2) is 0 Å². The van der Waals surface area contributed by atoms with Crippen LogP contribution in [0.3, 0.4) is 0 Å². The Morgan fingerprint density at radius 1 is 1.26 bits per heavy atom. The van der Waals surface area contributed by atoms with E-state index in [0.29, 0.717) is 11.4 Å². The van der Waals surface area contributed by atoms with Crippen LogP contribution in [0.1, 0.15) is 31.7 Å². The number of benzene rings is 1. The summed E-state index contributed by atoms with van der Waals surface area (Å²) in [5, 5.41) is 10.3. The average molecular weight is 282 g/mol. The minimum Gasteiger partial charge on any atom is -0.480 e. The maximum Gasteiger partial charge on any atom is 0.324 e. The minimum atomic E-state index is -0.825. The lowest BCUT2D eigenvalue weighted by Crippen LogP contribution is -2.55. The standard InChI is InChI=1S/C15H20ClNO2/c1-15(14(18)19,17-9-3-2-4-10-17)11-12-5-7-13(16)8-6-12/h5-8H,2-4,9-11H2,1H3,(H,18,19). The van der Waals surface area contributed by atoms with E-state index in [9.17, 15) is 9.90 Å². The van der Waals surface area contributed by atoms with E-state index in [-0.39, 0.29) is 0 Å². The molecule has 0 saturated carbocycles. The van der Waals surface area contributed by atoms with Crippen LogP contribution in [0.2, 0.25) is 5.02 Å². The second-order valence-electron chi connectivity index (χ2n) is 5.43. The molecular formula is C15H20ClNO2. The van der Waals surface area contributed by atoms with Crippen LogP contribution in [0.4, 0.5) is 0 Å². The van der Waals surface area contributed by atoms with Crippen molar-refractivity contribution in [1.29, 1.82) is 0 Å². The maximum atomic E-state index is 11.7. The number of hydrogen-bond donors (Lipinski definition) is 1. The molecule has 1 heterocycles. The molecule has 3 nitrogen and oxygen atoms in total. The number of halogens is 1. The fraction of sp³-hybridized carbons (Fsp3) is 0.533. The number of piperidine rings is 1. The van der Waals surface area contributed by atoms with Gasteiger partial charge in [-0.2, -0.15) is 0 Å². The van der Waals surface area contributed by atoms with Gasteiger partial charge in [-0.15, -0.1) is 0 Å². The van der Waals surface area contributed by atoms with Gasteiger partial charge < -0.3 is 5.11 Å². The Bertz CT molecular complexity index is 440. The van der Waals surface area contributed by atoms with E-state index in [1.165, 1.54) is 6.42 Å². The summed E-state index contributed by atoms with van der Waals surface area (Å²) < 4.78 is 0. The lowest BCUT2D eigenvalue weighted by atomic mass is 9.89. The summed E-state index contributed by atoms with van der Waals surface area (Å²) in [6, 6.07) is 7.45. The molecular weight excluding hydrogens is 262 g/mol. The van der Waals surface area contributed by atoms with E-state index in [4.69, 9.17) is 11.6 Å². The molecule has 0 bridgehead atoms. The number of aliphatic carboxylic acids is 1. The molecule has 1 fully saturated rings. The van der Waals surface area contributed by atoms with Gasteiger partial charge in [0.2, 0.25) is 0 Å². The summed E-state index contributed by atoms with van der Waals surface area (Å²) in [4.78, 5) is 13.8. The van der Waals surface area contributed by atoms with Gasteiger partial charge in [0, 0.05) is 11.4 Å². The summed E-state index contributed by atoms with van der Waals surface area (Å²) in [7, 11) is 0. The Labute approximate surface area is 119 Å². The van der Waals surface area contributed by atoms with Crippen LogP contribution in [0.15, 0.2) is 24.3 Å². The van der Waals surface area contributed by atoms with Gasteiger partial charge in [-0.05, 0) is 50.6 Å². The van der Waals surface area contributed by atoms with E-state index < -0.39 is 11.5 Å². The fourth-order valence-corrected chi connectivity index (χ4v) is 2.84. The zero-order valence-electron chi connectivity index (χ0n) is 11.2. The van der Waals surface area contributed by atoms with Gasteiger partial charge in [0.05, 0.1) is 0 Å². The molecule has 1 aliphatic heterocycles. The van der Waals surface area contributed by atoms with E-state index in [2.05, 4.69) is 4.90 Å². The van der Waals surface area contributed by atoms with Crippen LogP contribution in [0.5, 0.6) is 0 Å². The monoisotopic (exact) mass is 281 g/mol. The first-order valence-corrected chi connectivity index (χ1v) is 7.13. The molecule has 1 unspecified atom stereocenters. The normalized spacial score (nSPS) is 19.9. The van der Waals surface area contributed by atoms with Crippen molar-refractivity contribution in [1.82, 2.24) is 4.90 Å². The number of carboxylic acids is 1.